The lowest BCUT2D eigenvalue weighted by Crippen LogP contribution is -1.91. The van der Waals surface area contributed by atoms with Crippen molar-refractivity contribution in [2.75, 3.05) is 0 Å². The first-order valence-electron chi connectivity index (χ1n) is 13.9. The summed E-state index contributed by atoms with van der Waals surface area (Å²) in [6, 6.07) is 54.5. The summed E-state index contributed by atoms with van der Waals surface area (Å²) in [5, 5.41) is 6.12. The number of nitrogens with zero attached hydrogens (tertiary/aromatic N) is 1. The van der Waals surface area contributed by atoms with Gasteiger partial charge in [-0.2, -0.15) is 0 Å². The Balaban J connectivity index is 1.29. The molecular weight excluding hydrogens is 515 g/mol. The second-order valence-corrected chi connectivity index (χ2v) is 11.4. The molecule has 0 fully saturated rings. The van der Waals surface area contributed by atoms with E-state index in [0.717, 1.165) is 16.1 Å². The predicted octanol–water partition coefficient (Wildman–Crippen LogP) is 11.3. The smallest absolute Gasteiger partial charge is 0.124 e. The Bertz CT molecular complexity index is 2080. The minimum absolute atomic E-state index is 1.06. The molecule has 41 heavy (non-hydrogen) atoms. The van der Waals surface area contributed by atoms with E-state index in [2.05, 4.69) is 146 Å². The first-order valence-corrected chi connectivity index (χ1v) is 14.7. The van der Waals surface area contributed by atoms with Gasteiger partial charge in [0.2, 0.25) is 0 Å². The molecule has 0 radical (unpaired) electrons. The Morgan fingerprint density at radius 3 is 1.29 bits per heavy atom. The molecule has 7 aromatic carbocycles. The number of fused-ring (bicyclic) bond motifs is 3. The highest BCUT2D eigenvalue weighted by atomic mass is 32.1. The molecule has 0 amide bonds. The van der Waals surface area contributed by atoms with E-state index in [9.17, 15) is 0 Å². The average molecular weight is 540 g/mol. The number of para-hydroxylation sites is 1. The van der Waals surface area contributed by atoms with Crippen LogP contribution in [-0.2, 0) is 0 Å². The van der Waals surface area contributed by atoms with Gasteiger partial charge in [-0.15, -0.1) is 11.3 Å². The van der Waals surface area contributed by atoms with Gasteiger partial charge in [0.25, 0.3) is 0 Å². The molecule has 8 rings (SSSR count). The third-order valence-electron chi connectivity index (χ3n) is 7.93. The van der Waals surface area contributed by atoms with Crippen LogP contribution < -0.4 is 0 Å². The summed E-state index contributed by atoms with van der Waals surface area (Å²) < 4.78 is 1.22. The monoisotopic (exact) mass is 539 g/mol. The number of hydrogen-bond acceptors (Lipinski definition) is 2. The van der Waals surface area contributed by atoms with Gasteiger partial charge in [-0.3, -0.25) is 0 Å². The lowest BCUT2D eigenvalue weighted by atomic mass is 9.85. The minimum atomic E-state index is 1.06. The third-order valence-corrected chi connectivity index (χ3v) is 9.01. The minimum Gasteiger partial charge on any atom is -0.236 e. The van der Waals surface area contributed by atoms with E-state index >= 15 is 0 Å². The van der Waals surface area contributed by atoms with Crippen LogP contribution in [0.4, 0.5) is 0 Å². The summed E-state index contributed by atoms with van der Waals surface area (Å²) >= 11 is 1.75. The van der Waals surface area contributed by atoms with Gasteiger partial charge in [-0.1, -0.05) is 140 Å². The van der Waals surface area contributed by atoms with Gasteiger partial charge in [0.05, 0.1) is 10.2 Å². The first kappa shape index (κ1) is 23.8. The molecule has 0 spiro atoms. The van der Waals surface area contributed by atoms with E-state index < -0.39 is 0 Å². The molecule has 0 saturated heterocycles. The summed E-state index contributed by atoms with van der Waals surface area (Å²) in [5.74, 6) is 0. The predicted molar refractivity (Wildman–Crippen MR) is 176 cm³/mol. The first-order chi connectivity index (χ1) is 20.3. The van der Waals surface area contributed by atoms with Crippen LogP contribution in [0.15, 0.2) is 152 Å². The summed E-state index contributed by atoms with van der Waals surface area (Å²) in [4.78, 5) is 4.87. The van der Waals surface area contributed by atoms with E-state index in [1.807, 2.05) is 6.07 Å². The second kappa shape index (κ2) is 9.85. The Morgan fingerprint density at radius 2 is 0.756 bits per heavy atom. The van der Waals surface area contributed by atoms with Crippen molar-refractivity contribution in [3.05, 3.63) is 152 Å². The third kappa shape index (κ3) is 4.12. The van der Waals surface area contributed by atoms with Gasteiger partial charge in [-0.25, -0.2) is 4.98 Å². The zero-order chi connectivity index (χ0) is 27.2. The standard InChI is InChI=1S/C39H25NS/c1-2-10-26(11-3-1)27-18-20-28(21-19-27)37-31-12-4-6-14-33(31)38(34-15-7-5-13-32(34)37)29-22-24-30(25-23-29)39-40-35-16-8-9-17-36(35)41-39/h1-25H. The van der Waals surface area contributed by atoms with Crippen molar-refractivity contribution in [2.45, 2.75) is 0 Å². The molecule has 0 aliphatic heterocycles. The number of rotatable bonds is 4. The van der Waals surface area contributed by atoms with Crippen LogP contribution >= 0.6 is 11.3 Å². The maximum Gasteiger partial charge on any atom is 0.124 e. The molecule has 0 bridgehead atoms. The quantitative estimate of drug-likeness (QED) is 0.203. The maximum atomic E-state index is 4.87. The van der Waals surface area contributed by atoms with E-state index in [-0.39, 0.29) is 0 Å². The van der Waals surface area contributed by atoms with Crippen LogP contribution in [0.2, 0.25) is 0 Å². The van der Waals surface area contributed by atoms with Crippen LogP contribution in [0.5, 0.6) is 0 Å². The zero-order valence-corrected chi connectivity index (χ0v) is 23.1. The Hall–Kier alpha value is -5.05. The molecule has 1 nitrogen and oxygen atoms in total. The summed E-state index contributed by atoms with van der Waals surface area (Å²) in [6.45, 7) is 0. The van der Waals surface area contributed by atoms with Gasteiger partial charge in [0, 0.05) is 5.56 Å². The normalized spacial score (nSPS) is 11.4. The SMILES string of the molecule is c1ccc(-c2ccc(-c3c4ccccc4c(-c4ccc(-c5nc6ccccc6s5)cc4)c4ccccc34)cc2)cc1. The van der Waals surface area contributed by atoms with Gasteiger partial charge in [0.15, 0.2) is 0 Å². The van der Waals surface area contributed by atoms with E-state index in [0.29, 0.717) is 0 Å². The molecule has 0 aliphatic carbocycles. The average Bonchev–Trinajstić information content (AvgIpc) is 3.49. The molecule has 0 atom stereocenters. The highest BCUT2D eigenvalue weighted by Gasteiger charge is 2.17. The Morgan fingerprint density at radius 1 is 0.341 bits per heavy atom. The molecule has 0 N–H and O–H groups in total. The number of thiazole rings is 1. The van der Waals surface area contributed by atoms with E-state index in [1.165, 1.54) is 59.6 Å². The fourth-order valence-corrected chi connectivity index (χ4v) is 6.96. The fourth-order valence-electron chi connectivity index (χ4n) is 5.99. The number of benzene rings is 7. The molecule has 8 aromatic rings. The molecule has 0 aliphatic rings. The highest BCUT2D eigenvalue weighted by molar-refractivity contribution is 7.21. The van der Waals surface area contributed by atoms with Crippen molar-refractivity contribution in [1.82, 2.24) is 4.98 Å². The molecule has 0 unspecified atom stereocenters. The fraction of sp³-hybridized carbons (Fsp3) is 0. The topological polar surface area (TPSA) is 12.9 Å². The molecule has 2 heteroatoms. The second-order valence-electron chi connectivity index (χ2n) is 10.3. The van der Waals surface area contributed by atoms with Crippen molar-refractivity contribution >= 4 is 43.1 Å². The molecule has 192 valence electrons. The van der Waals surface area contributed by atoms with Crippen molar-refractivity contribution in [2.24, 2.45) is 0 Å². The molecule has 1 heterocycles. The maximum absolute atomic E-state index is 4.87. The molecule has 1 aromatic heterocycles. The Kier molecular flexibility index (Phi) is 5.72. The number of aromatic nitrogens is 1. The van der Waals surface area contributed by atoms with Crippen molar-refractivity contribution < 1.29 is 0 Å². The summed E-state index contributed by atoms with van der Waals surface area (Å²) in [7, 11) is 0. The lowest BCUT2D eigenvalue weighted by molar-refractivity contribution is 1.48. The van der Waals surface area contributed by atoms with Crippen LogP contribution in [0.3, 0.4) is 0 Å². The van der Waals surface area contributed by atoms with Gasteiger partial charge in [-0.05, 0) is 67.1 Å². The van der Waals surface area contributed by atoms with Crippen LogP contribution in [-0.4, -0.2) is 4.98 Å². The Labute approximate surface area is 243 Å². The summed E-state index contributed by atoms with van der Waals surface area (Å²) in [6.07, 6.45) is 0. The zero-order valence-electron chi connectivity index (χ0n) is 22.3. The molecular formula is C39H25NS. The lowest BCUT2D eigenvalue weighted by Gasteiger charge is -2.18. The number of hydrogen-bond donors (Lipinski definition) is 0. The van der Waals surface area contributed by atoms with Crippen molar-refractivity contribution in [3.8, 4) is 44.0 Å². The summed E-state index contributed by atoms with van der Waals surface area (Å²) in [5.41, 5.74) is 9.68. The van der Waals surface area contributed by atoms with Crippen LogP contribution in [0.1, 0.15) is 0 Å². The van der Waals surface area contributed by atoms with Crippen molar-refractivity contribution in [1.29, 1.82) is 0 Å². The van der Waals surface area contributed by atoms with E-state index in [4.69, 9.17) is 4.98 Å². The van der Waals surface area contributed by atoms with Crippen LogP contribution in [0.25, 0.3) is 75.7 Å². The highest BCUT2D eigenvalue weighted by Crippen LogP contribution is 2.44. The van der Waals surface area contributed by atoms with Crippen LogP contribution in [0, 0.1) is 0 Å². The largest absolute Gasteiger partial charge is 0.236 e. The van der Waals surface area contributed by atoms with Crippen molar-refractivity contribution in [3.63, 3.8) is 0 Å². The van der Waals surface area contributed by atoms with Gasteiger partial charge >= 0.3 is 0 Å². The molecule has 0 saturated carbocycles. The van der Waals surface area contributed by atoms with E-state index in [1.54, 1.807) is 11.3 Å². The van der Waals surface area contributed by atoms with Gasteiger partial charge < -0.3 is 0 Å². The van der Waals surface area contributed by atoms with Gasteiger partial charge in [0.1, 0.15) is 5.01 Å².